The molecule has 2 aliphatic rings. The molecule has 0 aliphatic heterocycles. The van der Waals surface area contributed by atoms with Gasteiger partial charge in [-0.1, -0.05) is 39.5 Å². The van der Waals surface area contributed by atoms with Crippen molar-refractivity contribution < 1.29 is 14.6 Å². The minimum absolute atomic E-state index is 0.153. The molecule has 144 valence electrons. The molecule has 0 heterocycles. The van der Waals surface area contributed by atoms with Gasteiger partial charge in [0.25, 0.3) is 0 Å². The maximum Gasteiger partial charge on any atom is 0.118 e. The lowest BCUT2D eigenvalue weighted by atomic mass is 9.60. The van der Waals surface area contributed by atoms with Crippen molar-refractivity contribution in [3.05, 3.63) is 42.0 Å². The number of fused-ring (bicyclic) bond motifs is 2. The van der Waals surface area contributed by atoms with E-state index in [4.69, 9.17) is 9.47 Å². The highest BCUT2D eigenvalue weighted by molar-refractivity contribution is 5.32. The fraction of sp³-hybridized carbons (Fsp3) is 0.652. The topological polar surface area (TPSA) is 38.7 Å². The third kappa shape index (κ3) is 2.99. The molecule has 0 saturated heterocycles. The highest BCUT2D eigenvalue weighted by atomic mass is 16.5. The lowest BCUT2D eigenvalue weighted by Crippen LogP contribution is -2.46. The van der Waals surface area contributed by atoms with Crippen molar-refractivity contribution in [2.75, 3.05) is 13.7 Å². The van der Waals surface area contributed by atoms with E-state index in [2.05, 4.69) is 27.4 Å². The first-order chi connectivity index (χ1) is 12.2. The zero-order chi connectivity index (χ0) is 19.1. The van der Waals surface area contributed by atoms with Gasteiger partial charge in [-0.15, -0.1) is 0 Å². The fourth-order valence-electron chi connectivity index (χ4n) is 5.38. The first-order valence-electron chi connectivity index (χ1n) is 9.84. The number of aliphatic hydroxyl groups is 1. The zero-order valence-corrected chi connectivity index (χ0v) is 16.9. The first-order valence-corrected chi connectivity index (χ1v) is 9.84. The summed E-state index contributed by atoms with van der Waals surface area (Å²) in [7, 11) is 1.68. The summed E-state index contributed by atoms with van der Waals surface area (Å²) in [6.45, 7) is 14.4. The largest absolute Gasteiger partial charge is 0.497 e. The number of ether oxygens (including phenoxy) is 2. The molecule has 0 aromatic heterocycles. The molecule has 26 heavy (non-hydrogen) atoms. The van der Waals surface area contributed by atoms with Gasteiger partial charge in [0.2, 0.25) is 0 Å². The third-order valence-corrected chi connectivity index (χ3v) is 7.43. The Labute approximate surface area is 158 Å². The van der Waals surface area contributed by atoms with Crippen LogP contribution in [-0.4, -0.2) is 24.4 Å². The summed E-state index contributed by atoms with van der Waals surface area (Å²) >= 11 is 0. The Morgan fingerprint density at radius 3 is 2.46 bits per heavy atom. The van der Waals surface area contributed by atoms with Crippen LogP contribution >= 0.6 is 0 Å². The van der Waals surface area contributed by atoms with Crippen molar-refractivity contribution in [1.29, 1.82) is 0 Å². The standard InChI is InChI=1S/C23H34O3/c1-15(2)19-11-12-22(4)20(21(19)16(3)23(22,5)24)14-26-13-17-7-9-18(25-6)10-8-17/h7-10,15,19-21,24H,3,11-14H2,1-2,4-6H3/t19-,20-,21?,22?,23-/m1/s1. The Balaban J connectivity index is 1.73. The van der Waals surface area contributed by atoms with Gasteiger partial charge in [-0.2, -0.15) is 0 Å². The van der Waals surface area contributed by atoms with Gasteiger partial charge in [-0.3, -0.25) is 0 Å². The van der Waals surface area contributed by atoms with Crippen LogP contribution in [0.4, 0.5) is 0 Å². The lowest BCUT2D eigenvalue weighted by Gasteiger charge is -2.46. The first kappa shape index (κ1) is 19.4. The summed E-state index contributed by atoms with van der Waals surface area (Å²) in [5.74, 6) is 2.71. The van der Waals surface area contributed by atoms with E-state index < -0.39 is 5.60 Å². The van der Waals surface area contributed by atoms with Crippen molar-refractivity contribution in [1.82, 2.24) is 0 Å². The summed E-state index contributed by atoms with van der Waals surface area (Å²) in [6.07, 6.45) is 2.21. The number of rotatable bonds is 6. The Morgan fingerprint density at radius 2 is 1.88 bits per heavy atom. The summed E-state index contributed by atoms with van der Waals surface area (Å²) in [5, 5.41) is 11.3. The lowest BCUT2D eigenvalue weighted by molar-refractivity contribution is -0.0855. The molecule has 1 N–H and O–H groups in total. The molecule has 3 nitrogen and oxygen atoms in total. The van der Waals surface area contributed by atoms with Crippen molar-refractivity contribution in [3.8, 4) is 5.75 Å². The van der Waals surface area contributed by atoms with E-state index >= 15 is 0 Å². The molecular weight excluding hydrogens is 324 g/mol. The minimum Gasteiger partial charge on any atom is -0.497 e. The van der Waals surface area contributed by atoms with E-state index in [0.717, 1.165) is 23.3 Å². The van der Waals surface area contributed by atoms with Crippen LogP contribution in [0.2, 0.25) is 0 Å². The molecule has 2 fully saturated rings. The Bertz CT molecular complexity index is 646. The van der Waals surface area contributed by atoms with E-state index in [-0.39, 0.29) is 5.41 Å². The molecule has 2 unspecified atom stereocenters. The Kier molecular flexibility index (Phi) is 5.24. The average Bonchev–Trinajstić information content (AvgIpc) is 2.70. The highest BCUT2D eigenvalue weighted by Crippen LogP contribution is 2.65. The van der Waals surface area contributed by atoms with Crippen LogP contribution in [0, 0.1) is 29.1 Å². The second-order valence-electron chi connectivity index (χ2n) is 8.96. The number of methoxy groups -OCH3 is 1. The minimum atomic E-state index is -0.810. The van der Waals surface area contributed by atoms with Crippen LogP contribution in [0.3, 0.4) is 0 Å². The summed E-state index contributed by atoms with van der Waals surface area (Å²) in [6, 6.07) is 8.02. The molecule has 0 radical (unpaired) electrons. The van der Waals surface area contributed by atoms with Gasteiger partial charge in [0, 0.05) is 5.41 Å². The second-order valence-corrected chi connectivity index (χ2v) is 8.96. The number of hydrogen-bond acceptors (Lipinski definition) is 3. The molecule has 1 aromatic rings. The summed E-state index contributed by atoms with van der Waals surface area (Å²) in [4.78, 5) is 0. The zero-order valence-electron chi connectivity index (χ0n) is 16.9. The van der Waals surface area contributed by atoms with Crippen LogP contribution in [0.1, 0.15) is 46.1 Å². The molecule has 2 aliphatic carbocycles. The van der Waals surface area contributed by atoms with Crippen LogP contribution in [0.5, 0.6) is 5.75 Å². The quantitative estimate of drug-likeness (QED) is 0.740. The normalized spacial score (nSPS) is 36.6. The highest BCUT2D eigenvalue weighted by Gasteiger charge is 2.64. The molecule has 3 heteroatoms. The van der Waals surface area contributed by atoms with Crippen LogP contribution in [0.25, 0.3) is 0 Å². The van der Waals surface area contributed by atoms with Crippen molar-refractivity contribution in [3.63, 3.8) is 0 Å². The molecule has 1 aromatic carbocycles. The summed E-state index contributed by atoms with van der Waals surface area (Å²) < 4.78 is 11.4. The molecular formula is C23H34O3. The van der Waals surface area contributed by atoms with Gasteiger partial charge < -0.3 is 14.6 Å². The smallest absolute Gasteiger partial charge is 0.118 e. The van der Waals surface area contributed by atoms with Crippen molar-refractivity contribution >= 4 is 0 Å². The van der Waals surface area contributed by atoms with E-state index in [1.807, 2.05) is 31.2 Å². The molecule has 0 spiro atoms. The van der Waals surface area contributed by atoms with Gasteiger partial charge in [-0.05, 0) is 66.7 Å². The Morgan fingerprint density at radius 1 is 1.23 bits per heavy atom. The van der Waals surface area contributed by atoms with Crippen LogP contribution in [0.15, 0.2) is 36.4 Å². The third-order valence-electron chi connectivity index (χ3n) is 7.43. The SMILES string of the molecule is C=C1C2[C@@H](C(C)C)CCC(C)([C@@H]2COCc2ccc(OC)cc2)[C@]1(C)O. The molecule has 0 amide bonds. The molecule has 2 bridgehead atoms. The van der Waals surface area contributed by atoms with Crippen LogP contribution in [-0.2, 0) is 11.3 Å². The monoisotopic (exact) mass is 358 g/mol. The van der Waals surface area contributed by atoms with E-state index in [0.29, 0.717) is 36.9 Å². The molecule has 3 rings (SSSR count). The predicted molar refractivity (Wildman–Crippen MR) is 105 cm³/mol. The molecule has 5 atom stereocenters. The van der Waals surface area contributed by atoms with Gasteiger partial charge >= 0.3 is 0 Å². The van der Waals surface area contributed by atoms with Gasteiger partial charge in [0.1, 0.15) is 5.75 Å². The predicted octanol–water partition coefficient (Wildman–Crippen LogP) is 4.84. The summed E-state index contributed by atoms with van der Waals surface area (Å²) in [5.41, 5.74) is 1.20. The van der Waals surface area contributed by atoms with Gasteiger partial charge in [-0.25, -0.2) is 0 Å². The Hall–Kier alpha value is -1.32. The van der Waals surface area contributed by atoms with Gasteiger partial charge in [0.15, 0.2) is 0 Å². The number of hydrogen-bond donors (Lipinski definition) is 1. The fourth-order valence-corrected chi connectivity index (χ4v) is 5.38. The maximum absolute atomic E-state index is 11.3. The van der Waals surface area contributed by atoms with Gasteiger partial charge in [0.05, 0.1) is 25.9 Å². The molecule has 2 saturated carbocycles. The van der Waals surface area contributed by atoms with E-state index in [1.54, 1.807) is 7.11 Å². The number of benzene rings is 1. The van der Waals surface area contributed by atoms with Crippen molar-refractivity contribution in [2.45, 2.75) is 52.7 Å². The average molecular weight is 359 g/mol. The maximum atomic E-state index is 11.3. The van der Waals surface area contributed by atoms with Crippen LogP contribution < -0.4 is 4.74 Å². The van der Waals surface area contributed by atoms with Crippen molar-refractivity contribution in [2.24, 2.45) is 29.1 Å². The van der Waals surface area contributed by atoms with E-state index in [9.17, 15) is 5.11 Å². The second kappa shape index (κ2) is 7.01. The van der Waals surface area contributed by atoms with E-state index in [1.165, 1.54) is 6.42 Å².